The average molecular weight is 246 g/mol. The minimum atomic E-state index is 0.358. The molecule has 1 aromatic heterocycles. The van der Waals surface area contributed by atoms with E-state index in [1.54, 1.807) is 31.4 Å². The number of nitriles is 1. The Morgan fingerprint density at radius 3 is 2.71 bits per heavy atom. The molecule has 0 unspecified atom stereocenters. The number of nitrogens with zero attached hydrogens (tertiary/aromatic N) is 3. The molecular formula is C12H8ClN3O. The van der Waals surface area contributed by atoms with E-state index in [-0.39, 0.29) is 0 Å². The highest BCUT2D eigenvalue weighted by Crippen LogP contribution is 2.25. The Bertz CT molecular complexity index is 593. The number of hydrogen-bond donors (Lipinski definition) is 0. The summed E-state index contributed by atoms with van der Waals surface area (Å²) in [5, 5.41) is 9.28. The van der Waals surface area contributed by atoms with Crippen LogP contribution in [0.1, 0.15) is 5.56 Å². The first-order valence-electron chi connectivity index (χ1n) is 4.80. The van der Waals surface area contributed by atoms with E-state index >= 15 is 0 Å². The van der Waals surface area contributed by atoms with Crippen LogP contribution in [0.2, 0.25) is 5.15 Å². The van der Waals surface area contributed by atoms with Crippen LogP contribution in [0.5, 0.6) is 5.75 Å². The van der Waals surface area contributed by atoms with Gasteiger partial charge in [0.05, 0.1) is 24.4 Å². The van der Waals surface area contributed by atoms with Crippen molar-refractivity contribution in [1.82, 2.24) is 9.97 Å². The normalized spacial score (nSPS) is 9.71. The molecule has 0 N–H and O–H groups in total. The largest absolute Gasteiger partial charge is 0.497 e. The van der Waals surface area contributed by atoms with Crippen LogP contribution in [-0.4, -0.2) is 17.1 Å². The molecule has 0 fully saturated rings. The molecule has 0 saturated heterocycles. The van der Waals surface area contributed by atoms with Gasteiger partial charge in [0.2, 0.25) is 0 Å². The third-order valence-electron chi connectivity index (χ3n) is 2.20. The quantitative estimate of drug-likeness (QED) is 0.764. The number of aromatic nitrogens is 2. The SMILES string of the molecule is COc1cc(C#N)cc(-c2cc(Cl)ncn2)c1. The Hall–Kier alpha value is -2.12. The average Bonchev–Trinajstić information content (AvgIpc) is 2.38. The predicted octanol–water partition coefficient (Wildman–Crippen LogP) is 2.68. The molecule has 17 heavy (non-hydrogen) atoms. The summed E-state index contributed by atoms with van der Waals surface area (Å²) in [5.41, 5.74) is 1.93. The van der Waals surface area contributed by atoms with Crippen LogP contribution in [0.25, 0.3) is 11.3 Å². The monoisotopic (exact) mass is 245 g/mol. The number of rotatable bonds is 2. The van der Waals surface area contributed by atoms with E-state index < -0.39 is 0 Å². The Labute approximate surface area is 103 Å². The van der Waals surface area contributed by atoms with Gasteiger partial charge in [0.1, 0.15) is 17.2 Å². The van der Waals surface area contributed by atoms with Crippen LogP contribution in [0.3, 0.4) is 0 Å². The lowest BCUT2D eigenvalue weighted by molar-refractivity contribution is 0.415. The number of ether oxygens (including phenoxy) is 1. The third-order valence-corrected chi connectivity index (χ3v) is 2.41. The van der Waals surface area contributed by atoms with E-state index in [2.05, 4.69) is 16.0 Å². The lowest BCUT2D eigenvalue weighted by atomic mass is 10.1. The Morgan fingerprint density at radius 2 is 2.06 bits per heavy atom. The molecule has 1 aromatic carbocycles. The van der Waals surface area contributed by atoms with Crippen LogP contribution in [0.15, 0.2) is 30.6 Å². The molecule has 0 aliphatic carbocycles. The third kappa shape index (κ3) is 2.52. The van der Waals surface area contributed by atoms with Crippen molar-refractivity contribution in [3.05, 3.63) is 41.3 Å². The van der Waals surface area contributed by atoms with Gasteiger partial charge in [-0.25, -0.2) is 9.97 Å². The first-order valence-corrected chi connectivity index (χ1v) is 5.18. The fraction of sp³-hybridized carbons (Fsp3) is 0.0833. The van der Waals surface area contributed by atoms with Gasteiger partial charge < -0.3 is 4.74 Å². The summed E-state index contributed by atoms with van der Waals surface area (Å²) in [7, 11) is 1.55. The zero-order chi connectivity index (χ0) is 12.3. The van der Waals surface area contributed by atoms with Crippen molar-refractivity contribution >= 4 is 11.6 Å². The number of hydrogen-bond acceptors (Lipinski definition) is 4. The van der Waals surface area contributed by atoms with E-state index in [1.807, 2.05) is 0 Å². The van der Waals surface area contributed by atoms with E-state index in [1.165, 1.54) is 6.33 Å². The molecule has 84 valence electrons. The standard InChI is InChI=1S/C12H8ClN3O/c1-17-10-3-8(6-14)2-9(4-10)11-5-12(13)16-7-15-11/h2-5,7H,1H3. The zero-order valence-electron chi connectivity index (χ0n) is 9.01. The smallest absolute Gasteiger partial charge is 0.133 e. The minimum Gasteiger partial charge on any atom is -0.497 e. The Kier molecular flexibility index (Phi) is 3.22. The van der Waals surface area contributed by atoms with Gasteiger partial charge in [0.15, 0.2) is 0 Å². The van der Waals surface area contributed by atoms with E-state index in [4.69, 9.17) is 21.6 Å². The second-order valence-electron chi connectivity index (χ2n) is 3.29. The highest BCUT2D eigenvalue weighted by Gasteiger charge is 2.05. The van der Waals surface area contributed by atoms with Crippen LogP contribution < -0.4 is 4.74 Å². The predicted molar refractivity (Wildman–Crippen MR) is 63.7 cm³/mol. The molecule has 0 aliphatic rings. The minimum absolute atomic E-state index is 0.358. The van der Waals surface area contributed by atoms with Gasteiger partial charge in [-0.15, -0.1) is 0 Å². The molecule has 4 nitrogen and oxygen atoms in total. The molecule has 0 saturated carbocycles. The zero-order valence-corrected chi connectivity index (χ0v) is 9.77. The van der Waals surface area contributed by atoms with Crippen molar-refractivity contribution in [1.29, 1.82) is 5.26 Å². The van der Waals surface area contributed by atoms with Gasteiger partial charge in [0.25, 0.3) is 0 Å². The van der Waals surface area contributed by atoms with Crippen molar-refractivity contribution in [2.75, 3.05) is 7.11 Å². The van der Waals surface area contributed by atoms with Crippen molar-refractivity contribution in [3.63, 3.8) is 0 Å². The van der Waals surface area contributed by atoms with Crippen LogP contribution in [0.4, 0.5) is 0 Å². The maximum Gasteiger partial charge on any atom is 0.133 e. The lowest BCUT2D eigenvalue weighted by Gasteiger charge is -2.05. The molecule has 0 bridgehead atoms. The molecule has 0 amide bonds. The summed E-state index contributed by atoms with van der Waals surface area (Å²) in [4.78, 5) is 7.91. The topological polar surface area (TPSA) is 58.8 Å². The fourth-order valence-corrected chi connectivity index (χ4v) is 1.57. The first kappa shape index (κ1) is 11.4. The molecule has 0 radical (unpaired) electrons. The van der Waals surface area contributed by atoms with Crippen LogP contribution in [0, 0.1) is 11.3 Å². The van der Waals surface area contributed by atoms with Crippen LogP contribution in [-0.2, 0) is 0 Å². The summed E-state index contributed by atoms with van der Waals surface area (Å²) in [5.74, 6) is 0.605. The maximum atomic E-state index is 8.92. The number of benzene rings is 1. The van der Waals surface area contributed by atoms with Gasteiger partial charge in [-0.05, 0) is 18.2 Å². The Morgan fingerprint density at radius 1 is 1.24 bits per heavy atom. The number of methoxy groups -OCH3 is 1. The second-order valence-corrected chi connectivity index (χ2v) is 3.68. The van der Waals surface area contributed by atoms with E-state index in [9.17, 15) is 0 Å². The molecule has 2 aromatic rings. The van der Waals surface area contributed by atoms with Crippen molar-refractivity contribution in [2.45, 2.75) is 0 Å². The van der Waals surface area contributed by atoms with Gasteiger partial charge in [-0.2, -0.15) is 5.26 Å². The molecule has 0 aliphatic heterocycles. The highest BCUT2D eigenvalue weighted by atomic mass is 35.5. The van der Waals surface area contributed by atoms with Crippen molar-refractivity contribution in [2.24, 2.45) is 0 Å². The summed E-state index contributed by atoms with van der Waals surface area (Å²) >= 11 is 5.79. The maximum absolute atomic E-state index is 8.92. The lowest BCUT2D eigenvalue weighted by Crippen LogP contribution is -1.89. The molecular weight excluding hydrogens is 238 g/mol. The number of halogens is 1. The molecule has 2 rings (SSSR count). The molecule has 0 atom stereocenters. The first-order chi connectivity index (χ1) is 8.22. The van der Waals surface area contributed by atoms with E-state index in [0.29, 0.717) is 22.2 Å². The van der Waals surface area contributed by atoms with Crippen LogP contribution >= 0.6 is 11.6 Å². The summed E-state index contributed by atoms with van der Waals surface area (Å²) in [6.45, 7) is 0. The summed E-state index contributed by atoms with van der Waals surface area (Å²) < 4.78 is 5.12. The summed E-state index contributed by atoms with van der Waals surface area (Å²) in [6.07, 6.45) is 1.38. The molecule has 5 heteroatoms. The highest BCUT2D eigenvalue weighted by molar-refractivity contribution is 6.29. The van der Waals surface area contributed by atoms with Crippen molar-refractivity contribution in [3.8, 4) is 23.1 Å². The molecule has 1 heterocycles. The fourth-order valence-electron chi connectivity index (χ4n) is 1.42. The Balaban J connectivity index is 2.55. The molecule has 0 spiro atoms. The second kappa shape index (κ2) is 4.81. The van der Waals surface area contributed by atoms with E-state index in [0.717, 1.165) is 5.56 Å². The van der Waals surface area contributed by atoms with Gasteiger partial charge in [-0.1, -0.05) is 11.6 Å². The van der Waals surface area contributed by atoms with Crippen molar-refractivity contribution < 1.29 is 4.74 Å². The van der Waals surface area contributed by atoms with Gasteiger partial charge in [0, 0.05) is 11.6 Å². The summed E-state index contributed by atoms with van der Waals surface area (Å²) in [6, 6.07) is 8.88. The van der Waals surface area contributed by atoms with Gasteiger partial charge in [-0.3, -0.25) is 0 Å². The van der Waals surface area contributed by atoms with Gasteiger partial charge >= 0.3 is 0 Å².